The number of rotatable bonds is 9. The Hall–Kier alpha value is -2.58. The van der Waals surface area contributed by atoms with Gasteiger partial charge in [-0.05, 0) is 57.0 Å². The van der Waals surface area contributed by atoms with Gasteiger partial charge in [0.25, 0.3) is 0 Å². The van der Waals surface area contributed by atoms with Crippen molar-refractivity contribution < 1.29 is 18.0 Å². The van der Waals surface area contributed by atoms with Crippen molar-refractivity contribution >= 4 is 39.1 Å². The third-order valence-corrected chi connectivity index (χ3v) is 6.26. The van der Waals surface area contributed by atoms with Gasteiger partial charge in [0.15, 0.2) is 0 Å². The van der Waals surface area contributed by atoms with Gasteiger partial charge in [-0.25, -0.2) is 8.42 Å². The van der Waals surface area contributed by atoms with E-state index in [1.54, 1.807) is 32.0 Å². The van der Waals surface area contributed by atoms with Gasteiger partial charge in [0.1, 0.15) is 12.6 Å². The summed E-state index contributed by atoms with van der Waals surface area (Å²) in [6.07, 6.45) is 1.05. The number of carbonyl (C=O) groups is 2. The number of halogens is 1. The third-order valence-electron chi connectivity index (χ3n) is 4.90. The van der Waals surface area contributed by atoms with Crippen LogP contribution in [-0.4, -0.2) is 50.0 Å². The van der Waals surface area contributed by atoms with Crippen LogP contribution in [0.25, 0.3) is 0 Å². The summed E-state index contributed by atoms with van der Waals surface area (Å²) in [5, 5.41) is 3.28. The zero-order valence-electron chi connectivity index (χ0n) is 19.0. The molecule has 0 unspecified atom stereocenters. The highest BCUT2D eigenvalue weighted by Crippen LogP contribution is 2.26. The van der Waals surface area contributed by atoms with E-state index in [0.29, 0.717) is 16.3 Å². The molecule has 1 atom stereocenters. The molecule has 0 spiro atoms. The van der Waals surface area contributed by atoms with Crippen LogP contribution in [0.1, 0.15) is 31.9 Å². The van der Waals surface area contributed by atoms with E-state index in [4.69, 9.17) is 11.6 Å². The van der Waals surface area contributed by atoms with Crippen molar-refractivity contribution in [2.45, 2.75) is 46.3 Å². The summed E-state index contributed by atoms with van der Waals surface area (Å²) in [4.78, 5) is 27.5. The number of anilines is 1. The van der Waals surface area contributed by atoms with Crippen molar-refractivity contribution in [3.8, 4) is 0 Å². The molecule has 2 rings (SSSR count). The summed E-state index contributed by atoms with van der Waals surface area (Å²) < 4.78 is 26.2. The molecule has 0 saturated carbocycles. The second-order valence-electron chi connectivity index (χ2n) is 8.05. The highest BCUT2D eigenvalue weighted by Gasteiger charge is 2.30. The monoisotopic (exact) mass is 479 g/mol. The maximum atomic E-state index is 13.4. The molecule has 0 fully saturated rings. The summed E-state index contributed by atoms with van der Waals surface area (Å²) in [5.41, 5.74) is 1.82. The number of nitrogens with zero attached hydrogens (tertiary/aromatic N) is 2. The molecule has 32 heavy (non-hydrogen) atoms. The number of nitrogens with one attached hydrogen (secondary N) is 1. The Labute approximate surface area is 195 Å². The number of hydrogen-bond acceptors (Lipinski definition) is 4. The summed E-state index contributed by atoms with van der Waals surface area (Å²) in [7, 11) is -3.78. The molecule has 0 aliphatic rings. The van der Waals surface area contributed by atoms with Gasteiger partial charge >= 0.3 is 0 Å². The smallest absolute Gasteiger partial charge is 0.244 e. The van der Waals surface area contributed by atoms with Gasteiger partial charge in [0, 0.05) is 17.6 Å². The van der Waals surface area contributed by atoms with Crippen LogP contribution in [-0.2, 0) is 26.2 Å². The largest absolute Gasteiger partial charge is 0.352 e. The first-order chi connectivity index (χ1) is 14.9. The summed E-state index contributed by atoms with van der Waals surface area (Å²) in [6.45, 7) is 6.77. The lowest BCUT2D eigenvalue weighted by atomic mass is 10.1. The number of aryl methyl sites for hydroxylation is 1. The van der Waals surface area contributed by atoms with Gasteiger partial charge in [-0.2, -0.15) is 0 Å². The topological polar surface area (TPSA) is 86.8 Å². The van der Waals surface area contributed by atoms with E-state index in [-0.39, 0.29) is 18.5 Å². The Morgan fingerprint density at radius 3 is 2.22 bits per heavy atom. The van der Waals surface area contributed by atoms with Crippen molar-refractivity contribution in [1.82, 2.24) is 10.2 Å². The van der Waals surface area contributed by atoms with E-state index < -0.39 is 28.5 Å². The van der Waals surface area contributed by atoms with Crippen LogP contribution in [0.15, 0.2) is 48.5 Å². The van der Waals surface area contributed by atoms with Gasteiger partial charge in [-0.15, -0.1) is 0 Å². The second kappa shape index (κ2) is 10.8. The fraction of sp³-hybridized carbons (Fsp3) is 0.391. The minimum absolute atomic E-state index is 0.0946. The molecule has 1 N–H and O–H groups in total. The highest BCUT2D eigenvalue weighted by molar-refractivity contribution is 7.92. The molecule has 2 aromatic rings. The van der Waals surface area contributed by atoms with Crippen LogP contribution in [0.5, 0.6) is 0 Å². The molecule has 0 heterocycles. The van der Waals surface area contributed by atoms with Crippen molar-refractivity contribution in [3.63, 3.8) is 0 Å². The minimum atomic E-state index is -3.78. The highest BCUT2D eigenvalue weighted by atomic mass is 35.5. The molecule has 0 aliphatic carbocycles. The van der Waals surface area contributed by atoms with Gasteiger partial charge < -0.3 is 10.2 Å². The van der Waals surface area contributed by atoms with Crippen LogP contribution in [0.3, 0.4) is 0 Å². The number of amides is 2. The summed E-state index contributed by atoms with van der Waals surface area (Å²) in [6, 6.07) is 13.2. The van der Waals surface area contributed by atoms with Gasteiger partial charge in [-0.3, -0.25) is 13.9 Å². The fourth-order valence-corrected chi connectivity index (χ4v) is 4.40. The molecule has 0 radical (unpaired) electrons. The van der Waals surface area contributed by atoms with Crippen molar-refractivity contribution in [3.05, 3.63) is 64.7 Å². The quantitative estimate of drug-likeness (QED) is 0.597. The second-order valence-corrected chi connectivity index (χ2v) is 10.4. The lowest BCUT2D eigenvalue weighted by Crippen LogP contribution is -2.52. The number of benzene rings is 2. The molecule has 7 nitrogen and oxygen atoms in total. The van der Waals surface area contributed by atoms with E-state index in [9.17, 15) is 18.0 Å². The lowest BCUT2D eigenvalue weighted by Gasteiger charge is -2.32. The SMILES string of the molecule is Cc1cc(Cl)ccc1N(CC(=O)N(Cc1ccccc1)[C@@H](C)C(=O)NC(C)C)S(C)(=O)=O. The Morgan fingerprint density at radius 2 is 1.69 bits per heavy atom. The minimum Gasteiger partial charge on any atom is -0.352 e. The van der Waals surface area contributed by atoms with Gasteiger partial charge in [0.2, 0.25) is 21.8 Å². The first-order valence-corrected chi connectivity index (χ1v) is 12.5. The molecular weight excluding hydrogens is 450 g/mol. The van der Waals surface area contributed by atoms with E-state index in [2.05, 4.69) is 5.32 Å². The van der Waals surface area contributed by atoms with E-state index in [0.717, 1.165) is 16.1 Å². The summed E-state index contributed by atoms with van der Waals surface area (Å²) in [5.74, 6) is -0.794. The van der Waals surface area contributed by atoms with Crippen LogP contribution >= 0.6 is 11.6 Å². The molecule has 2 aromatic carbocycles. The molecule has 0 bridgehead atoms. The van der Waals surface area contributed by atoms with E-state index >= 15 is 0 Å². The fourth-order valence-electron chi connectivity index (χ4n) is 3.26. The van der Waals surface area contributed by atoms with Gasteiger partial charge in [0.05, 0.1) is 11.9 Å². The van der Waals surface area contributed by atoms with E-state index in [1.165, 1.54) is 4.90 Å². The van der Waals surface area contributed by atoms with Crippen molar-refractivity contribution in [2.75, 3.05) is 17.1 Å². The standard InChI is InChI=1S/C23H30ClN3O4S/c1-16(2)25-23(29)18(4)26(14-19-9-7-6-8-10-19)22(28)15-27(32(5,30)31)21-12-11-20(24)13-17(21)3/h6-13,16,18H,14-15H2,1-5H3,(H,25,29)/t18-/m0/s1. The molecular formula is C23H30ClN3O4S. The van der Waals surface area contributed by atoms with Crippen LogP contribution in [0.2, 0.25) is 5.02 Å². The van der Waals surface area contributed by atoms with Crippen LogP contribution in [0, 0.1) is 6.92 Å². The Bertz CT molecular complexity index is 1060. The molecule has 0 aromatic heterocycles. The number of carbonyl (C=O) groups excluding carboxylic acids is 2. The van der Waals surface area contributed by atoms with Crippen molar-refractivity contribution in [2.24, 2.45) is 0 Å². The molecule has 0 saturated heterocycles. The van der Waals surface area contributed by atoms with Crippen LogP contribution in [0.4, 0.5) is 5.69 Å². The first kappa shape index (κ1) is 25.7. The van der Waals surface area contributed by atoms with Crippen molar-refractivity contribution in [1.29, 1.82) is 0 Å². The first-order valence-electron chi connectivity index (χ1n) is 10.3. The van der Waals surface area contributed by atoms with Gasteiger partial charge in [-0.1, -0.05) is 41.9 Å². The average Bonchev–Trinajstić information content (AvgIpc) is 2.69. The molecule has 2 amide bonds. The predicted molar refractivity (Wildman–Crippen MR) is 128 cm³/mol. The van der Waals surface area contributed by atoms with E-state index in [1.807, 2.05) is 44.2 Å². The number of hydrogen-bond donors (Lipinski definition) is 1. The average molecular weight is 480 g/mol. The Kier molecular flexibility index (Phi) is 8.69. The zero-order valence-corrected chi connectivity index (χ0v) is 20.6. The molecule has 174 valence electrons. The molecule has 0 aliphatic heterocycles. The van der Waals surface area contributed by atoms with Crippen LogP contribution < -0.4 is 9.62 Å². The lowest BCUT2D eigenvalue weighted by molar-refractivity contribution is -0.139. The maximum Gasteiger partial charge on any atom is 0.244 e. The molecule has 9 heteroatoms. The summed E-state index contributed by atoms with van der Waals surface area (Å²) >= 11 is 6.01. The predicted octanol–water partition coefficient (Wildman–Crippen LogP) is 3.36. The third kappa shape index (κ3) is 6.97. The Morgan fingerprint density at radius 1 is 1.06 bits per heavy atom. The zero-order chi connectivity index (χ0) is 24.1. The Balaban J connectivity index is 2.40. The maximum absolute atomic E-state index is 13.4. The number of sulfonamides is 1. The normalized spacial score (nSPS) is 12.3.